The molecule has 0 aliphatic carbocycles. The lowest BCUT2D eigenvalue weighted by Crippen LogP contribution is -2.58. The van der Waals surface area contributed by atoms with Crippen LogP contribution in [0.5, 0.6) is 5.75 Å². The second-order valence-corrected chi connectivity index (χ2v) is 11.3. The maximum atomic E-state index is 13.9. The van der Waals surface area contributed by atoms with Crippen molar-refractivity contribution in [3.63, 3.8) is 0 Å². The van der Waals surface area contributed by atoms with Crippen LogP contribution in [0.1, 0.15) is 16.7 Å². The number of carboxylic acids is 1. The summed E-state index contributed by atoms with van der Waals surface area (Å²) in [4.78, 5) is 59.0. The Labute approximate surface area is 269 Å². The molecule has 3 aromatic carbocycles. The number of nitrogens with two attached hydrogens (primary N) is 1. The van der Waals surface area contributed by atoms with Crippen LogP contribution in [0.3, 0.4) is 0 Å². The SMILES string of the molecule is NC(CO)C(=O)NC(Cc1c[nH]c2ccccc12)C(=O)NC(Cc1c[nH]c2ccccc12)C(=O)NC(Cc1ccc(O)cc1)C(=O)O. The molecule has 13 heteroatoms. The molecule has 244 valence electrons. The Morgan fingerprint density at radius 1 is 0.660 bits per heavy atom. The van der Waals surface area contributed by atoms with Crippen LogP contribution in [0.15, 0.2) is 85.2 Å². The van der Waals surface area contributed by atoms with Gasteiger partial charge in [0.1, 0.15) is 29.9 Å². The standard InChI is InChI=1S/C34H36N6O7/c35-25(18-41)31(43)38-28(14-20-16-36-26-7-3-1-5-23(20)26)32(44)39-29(15-21-17-37-27-8-4-2-6-24(21)27)33(45)40-30(34(46)47)13-19-9-11-22(42)12-10-19/h1-12,16-17,25,28-30,36-37,41-42H,13-15,18,35H2,(H,38,43)(H,39,44)(H,40,45)(H,46,47). The topological polar surface area (TPSA) is 223 Å². The zero-order valence-electron chi connectivity index (χ0n) is 25.3. The van der Waals surface area contributed by atoms with Gasteiger partial charge >= 0.3 is 5.97 Å². The summed E-state index contributed by atoms with van der Waals surface area (Å²) < 4.78 is 0. The van der Waals surface area contributed by atoms with Crippen LogP contribution in [-0.2, 0) is 38.4 Å². The van der Waals surface area contributed by atoms with Gasteiger partial charge in [0.25, 0.3) is 0 Å². The number of nitrogens with one attached hydrogen (secondary N) is 5. The van der Waals surface area contributed by atoms with E-state index in [-0.39, 0.29) is 25.0 Å². The molecule has 2 heterocycles. The van der Waals surface area contributed by atoms with Crippen LogP contribution in [-0.4, -0.2) is 79.8 Å². The second-order valence-electron chi connectivity index (χ2n) is 11.3. The fourth-order valence-corrected chi connectivity index (χ4v) is 5.43. The Balaban J connectivity index is 1.43. The third-order valence-corrected chi connectivity index (χ3v) is 7.99. The number of H-pyrrole nitrogens is 2. The van der Waals surface area contributed by atoms with Gasteiger partial charge in [-0.25, -0.2) is 4.79 Å². The summed E-state index contributed by atoms with van der Waals surface area (Å²) in [5, 5.41) is 38.5. The van der Waals surface area contributed by atoms with E-state index in [4.69, 9.17) is 5.73 Å². The summed E-state index contributed by atoms with van der Waals surface area (Å²) in [6.45, 7) is -0.642. The van der Waals surface area contributed by atoms with Crippen LogP contribution in [0.4, 0.5) is 0 Å². The number of amides is 3. The van der Waals surface area contributed by atoms with E-state index in [1.54, 1.807) is 24.5 Å². The monoisotopic (exact) mass is 640 g/mol. The highest BCUT2D eigenvalue weighted by Crippen LogP contribution is 2.21. The number of rotatable bonds is 14. The Kier molecular flexibility index (Phi) is 10.2. The van der Waals surface area contributed by atoms with E-state index in [0.717, 1.165) is 27.4 Å². The number of benzene rings is 3. The van der Waals surface area contributed by atoms with Crippen molar-refractivity contribution in [3.05, 3.63) is 102 Å². The van der Waals surface area contributed by atoms with Crippen LogP contribution in [0.2, 0.25) is 0 Å². The zero-order chi connectivity index (χ0) is 33.5. The fraction of sp³-hybridized carbons (Fsp3) is 0.235. The van der Waals surface area contributed by atoms with Gasteiger partial charge in [-0.1, -0.05) is 48.5 Å². The summed E-state index contributed by atoms with van der Waals surface area (Å²) in [6, 6.07) is 15.7. The normalized spacial score (nSPS) is 13.8. The van der Waals surface area contributed by atoms with Crippen molar-refractivity contribution < 1.29 is 34.5 Å². The van der Waals surface area contributed by atoms with Gasteiger partial charge in [0, 0.05) is 53.5 Å². The van der Waals surface area contributed by atoms with E-state index in [1.165, 1.54) is 12.1 Å². The molecule has 4 atom stereocenters. The van der Waals surface area contributed by atoms with Gasteiger partial charge in [-0.15, -0.1) is 0 Å². The Morgan fingerprint density at radius 3 is 1.62 bits per heavy atom. The van der Waals surface area contributed by atoms with Crippen molar-refractivity contribution >= 4 is 45.5 Å². The van der Waals surface area contributed by atoms with Crippen molar-refractivity contribution in [1.82, 2.24) is 25.9 Å². The number of aromatic hydroxyl groups is 1. The quantitative estimate of drug-likeness (QED) is 0.0857. The molecule has 2 aromatic heterocycles. The molecule has 0 fully saturated rings. The van der Waals surface area contributed by atoms with E-state index in [1.807, 2.05) is 48.5 Å². The molecule has 0 radical (unpaired) electrons. The van der Waals surface area contributed by atoms with Gasteiger partial charge in [0.05, 0.1) is 6.61 Å². The van der Waals surface area contributed by atoms with Crippen molar-refractivity contribution in [1.29, 1.82) is 0 Å². The highest BCUT2D eigenvalue weighted by molar-refractivity contribution is 5.95. The van der Waals surface area contributed by atoms with Crippen molar-refractivity contribution in [2.24, 2.45) is 5.73 Å². The smallest absolute Gasteiger partial charge is 0.326 e. The first kappa shape index (κ1) is 32.7. The molecule has 0 saturated carbocycles. The molecule has 13 nitrogen and oxygen atoms in total. The first-order chi connectivity index (χ1) is 22.6. The summed E-state index contributed by atoms with van der Waals surface area (Å²) in [7, 11) is 0. The molecule has 0 spiro atoms. The van der Waals surface area contributed by atoms with Gasteiger partial charge in [-0.2, -0.15) is 0 Å². The van der Waals surface area contributed by atoms with Crippen LogP contribution < -0.4 is 21.7 Å². The number of hydrogen-bond donors (Lipinski definition) is 9. The number of aromatic amines is 2. The number of para-hydroxylation sites is 2. The molecule has 4 unspecified atom stereocenters. The van der Waals surface area contributed by atoms with Crippen molar-refractivity contribution in [2.45, 2.75) is 43.4 Å². The summed E-state index contributed by atoms with van der Waals surface area (Å²) >= 11 is 0. The average Bonchev–Trinajstić information content (AvgIpc) is 3.68. The molecule has 5 aromatic rings. The van der Waals surface area contributed by atoms with E-state index in [9.17, 15) is 34.5 Å². The molecule has 10 N–H and O–H groups in total. The third-order valence-electron chi connectivity index (χ3n) is 7.99. The number of carboxylic acid groups (broad SMARTS) is 1. The lowest BCUT2D eigenvalue weighted by molar-refractivity contribution is -0.142. The van der Waals surface area contributed by atoms with E-state index >= 15 is 0 Å². The van der Waals surface area contributed by atoms with E-state index in [2.05, 4.69) is 25.9 Å². The molecule has 3 amide bonds. The number of fused-ring (bicyclic) bond motifs is 2. The lowest BCUT2D eigenvalue weighted by atomic mass is 10.0. The Hall–Kier alpha value is -5.66. The van der Waals surface area contributed by atoms with Gasteiger partial charge in [0.2, 0.25) is 17.7 Å². The summed E-state index contributed by atoms with van der Waals surface area (Å²) in [5.41, 5.74) is 9.36. The third kappa shape index (κ3) is 7.95. The first-order valence-corrected chi connectivity index (χ1v) is 15.0. The number of aromatic nitrogens is 2. The van der Waals surface area contributed by atoms with Gasteiger partial charge in [-0.05, 0) is 41.0 Å². The minimum absolute atomic E-state index is 0.00294. The predicted molar refractivity (Wildman–Crippen MR) is 174 cm³/mol. The zero-order valence-corrected chi connectivity index (χ0v) is 25.3. The van der Waals surface area contributed by atoms with Crippen LogP contribution in [0, 0.1) is 0 Å². The molecule has 0 aliphatic heterocycles. The maximum Gasteiger partial charge on any atom is 0.326 e. The molecular weight excluding hydrogens is 604 g/mol. The fourth-order valence-electron chi connectivity index (χ4n) is 5.43. The van der Waals surface area contributed by atoms with Crippen LogP contribution in [0.25, 0.3) is 21.8 Å². The van der Waals surface area contributed by atoms with Gasteiger partial charge in [-0.3, -0.25) is 14.4 Å². The Bertz CT molecular complexity index is 1880. The Morgan fingerprint density at radius 2 is 1.13 bits per heavy atom. The number of aliphatic hydroxyl groups excluding tert-OH is 1. The number of hydrogen-bond acceptors (Lipinski definition) is 7. The number of aliphatic hydroxyl groups is 1. The highest BCUT2D eigenvalue weighted by atomic mass is 16.4. The van der Waals surface area contributed by atoms with Gasteiger partial charge in [0.15, 0.2) is 0 Å². The van der Waals surface area contributed by atoms with Crippen molar-refractivity contribution in [3.8, 4) is 5.75 Å². The number of phenols is 1. The van der Waals surface area contributed by atoms with E-state index in [0.29, 0.717) is 11.1 Å². The largest absolute Gasteiger partial charge is 0.508 e. The predicted octanol–water partition coefficient (Wildman–Crippen LogP) is 1.24. The minimum Gasteiger partial charge on any atom is -0.508 e. The minimum atomic E-state index is -1.35. The van der Waals surface area contributed by atoms with Gasteiger partial charge < -0.3 is 47.0 Å². The summed E-state index contributed by atoms with van der Waals surface area (Å²) in [5.74, 6) is -3.49. The number of phenolic OH excluding ortho intramolecular Hbond substituents is 1. The van der Waals surface area contributed by atoms with E-state index < -0.39 is 54.5 Å². The summed E-state index contributed by atoms with van der Waals surface area (Å²) in [6.07, 6.45) is 3.39. The maximum absolute atomic E-state index is 13.9. The first-order valence-electron chi connectivity index (χ1n) is 15.0. The molecule has 0 saturated heterocycles. The molecule has 47 heavy (non-hydrogen) atoms. The number of carbonyl (C=O) groups excluding carboxylic acids is 3. The average molecular weight is 641 g/mol. The molecule has 0 aliphatic rings. The number of aliphatic carboxylic acids is 1. The lowest BCUT2D eigenvalue weighted by Gasteiger charge is -2.25. The van der Waals surface area contributed by atoms with Crippen LogP contribution >= 0.6 is 0 Å². The van der Waals surface area contributed by atoms with Crippen molar-refractivity contribution in [2.75, 3.05) is 6.61 Å². The highest BCUT2D eigenvalue weighted by Gasteiger charge is 2.31. The second kappa shape index (κ2) is 14.6. The molecule has 0 bridgehead atoms. The molecular formula is C34H36N6O7. The molecule has 5 rings (SSSR count). The number of carbonyl (C=O) groups is 4.